The monoisotopic (exact) mass is 286 g/mol. The second kappa shape index (κ2) is 6.10. The zero-order valence-electron chi connectivity index (χ0n) is 12.9. The van der Waals surface area contributed by atoms with Crippen LogP contribution in [0.15, 0.2) is 24.3 Å². The highest BCUT2D eigenvalue weighted by molar-refractivity contribution is 5.94. The molecule has 1 heterocycles. The van der Waals surface area contributed by atoms with E-state index in [4.69, 9.17) is 5.73 Å². The summed E-state index contributed by atoms with van der Waals surface area (Å²) in [7, 11) is 0. The average molecular weight is 286 g/mol. The van der Waals surface area contributed by atoms with Crippen molar-refractivity contribution in [3.8, 4) is 11.3 Å². The van der Waals surface area contributed by atoms with E-state index < -0.39 is 6.04 Å². The molecule has 0 radical (unpaired) electrons. The minimum atomic E-state index is -0.536. The van der Waals surface area contributed by atoms with Gasteiger partial charge in [-0.2, -0.15) is 5.10 Å². The lowest BCUT2D eigenvalue weighted by molar-refractivity contribution is -0.118. The van der Waals surface area contributed by atoms with Crippen molar-refractivity contribution in [2.24, 2.45) is 11.7 Å². The first kappa shape index (κ1) is 15.3. The van der Waals surface area contributed by atoms with Crippen LogP contribution in [-0.4, -0.2) is 22.1 Å². The number of carbonyl (C=O) groups is 1. The van der Waals surface area contributed by atoms with Crippen LogP contribution in [0.5, 0.6) is 0 Å². The number of nitrogens with zero attached hydrogens (tertiary/aromatic N) is 1. The van der Waals surface area contributed by atoms with Gasteiger partial charge in [0.1, 0.15) is 0 Å². The number of aryl methyl sites for hydroxylation is 2. The number of benzene rings is 1. The van der Waals surface area contributed by atoms with E-state index in [-0.39, 0.29) is 11.8 Å². The third-order valence-corrected chi connectivity index (χ3v) is 3.38. The molecule has 4 N–H and O–H groups in total. The van der Waals surface area contributed by atoms with Gasteiger partial charge in [0.2, 0.25) is 5.91 Å². The van der Waals surface area contributed by atoms with Crippen LogP contribution in [0.25, 0.3) is 11.3 Å². The quantitative estimate of drug-likeness (QED) is 0.807. The molecule has 0 saturated heterocycles. The van der Waals surface area contributed by atoms with Crippen LogP contribution in [0.4, 0.5) is 5.82 Å². The lowest BCUT2D eigenvalue weighted by atomic mass is 10.0. The molecule has 0 saturated carbocycles. The van der Waals surface area contributed by atoms with E-state index in [1.165, 1.54) is 11.1 Å². The molecule has 0 bridgehead atoms. The molecule has 2 rings (SSSR count). The maximum absolute atomic E-state index is 11.9. The van der Waals surface area contributed by atoms with Crippen LogP contribution < -0.4 is 11.1 Å². The largest absolute Gasteiger partial charge is 0.320 e. The molecular weight excluding hydrogens is 264 g/mol. The van der Waals surface area contributed by atoms with Gasteiger partial charge in [-0.1, -0.05) is 31.0 Å². The van der Waals surface area contributed by atoms with Gasteiger partial charge in [-0.15, -0.1) is 0 Å². The number of H-pyrrole nitrogens is 1. The smallest absolute Gasteiger partial charge is 0.242 e. The Labute approximate surface area is 124 Å². The molecule has 0 spiro atoms. The van der Waals surface area contributed by atoms with Gasteiger partial charge in [0.05, 0.1) is 11.7 Å². The van der Waals surface area contributed by atoms with Crippen LogP contribution in [0.3, 0.4) is 0 Å². The number of amides is 1. The molecular formula is C16H22N4O. The Balaban J connectivity index is 2.16. The molecule has 2 aromatic rings. The topological polar surface area (TPSA) is 83.8 Å². The minimum Gasteiger partial charge on any atom is -0.320 e. The first-order chi connectivity index (χ1) is 9.86. The van der Waals surface area contributed by atoms with Gasteiger partial charge >= 0.3 is 0 Å². The second-order valence-electron chi connectivity index (χ2n) is 5.80. The van der Waals surface area contributed by atoms with Crippen molar-refractivity contribution in [1.82, 2.24) is 10.2 Å². The maximum atomic E-state index is 11.9. The van der Waals surface area contributed by atoms with E-state index >= 15 is 0 Å². The van der Waals surface area contributed by atoms with E-state index in [9.17, 15) is 4.79 Å². The normalized spacial score (nSPS) is 12.5. The van der Waals surface area contributed by atoms with Gasteiger partial charge in [-0.25, -0.2) is 0 Å². The summed E-state index contributed by atoms with van der Waals surface area (Å²) >= 11 is 0. The molecule has 21 heavy (non-hydrogen) atoms. The molecule has 112 valence electrons. The third kappa shape index (κ3) is 3.70. The molecule has 1 amide bonds. The Hall–Kier alpha value is -2.14. The molecule has 0 unspecified atom stereocenters. The fourth-order valence-corrected chi connectivity index (χ4v) is 2.18. The first-order valence-corrected chi connectivity index (χ1v) is 7.07. The second-order valence-corrected chi connectivity index (χ2v) is 5.80. The highest BCUT2D eigenvalue weighted by Crippen LogP contribution is 2.22. The summed E-state index contributed by atoms with van der Waals surface area (Å²) in [5.41, 5.74) is 10.1. The zero-order chi connectivity index (χ0) is 15.6. The Bertz CT molecular complexity index is 625. The Morgan fingerprint density at radius 3 is 2.38 bits per heavy atom. The Morgan fingerprint density at radius 1 is 1.19 bits per heavy atom. The number of hydrogen-bond donors (Lipinski definition) is 3. The summed E-state index contributed by atoms with van der Waals surface area (Å²) in [6.07, 6.45) is 0. The first-order valence-electron chi connectivity index (χ1n) is 7.07. The predicted octanol–water partition coefficient (Wildman–Crippen LogP) is 2.62. The van der Waals surface area contributed by atoms with Crippen LogP contribution in [0.1, 0.15) is 25.0 Å². The highest BCUT2D eigenvalue weighted by Gasteiger charge is 2.18. The van der Waals surface area contributed by atoms with Gasteiger partial charge in [-0.3, -0.25) is 9.89 Å². The summed E-state index contributed by atoms with van der Waals surface area (Å²) in [6, 6.07) is 7.55. The third-order valence-electron chi connectivity index (χ3n) is 3.38. The van der Waals surface area contributed by atoms with Crippen molar-refractivity contribution in [2.45, 2.75) is 33.7 Å². The average Bonchev–Trinajstić information content (AvgIpc) is 2.85. The lowest BCUT2D eigenvalue weighted by Gasteiger charge is -2.13. The number of anilines is 1. The fraction of sp³-hybridized carbons (Fsp3) is 0.375. The predicted molar refractivity (Wildman–Crippen MR) is 84.9 cm³/mol. The summed E-state index contributed by atoms with van der Waals surface area (Å²) in [5.74, 6) is 0.358. The summed E-state index contributed by atoms with van der Waals surface area (Å²) in [4.78, 5) is 11.9. The minimum absolute atomic E-state index is 0.0860. The number of nitrogens with one attached hydrogen (secondary N) is 2. The van der Waals surface area contributed by atoms with E-state index in [0.717, 1.165) is 11.3 Å². The number of carbonyl (C=O) groups excluding carboxylic acids is 1. The molecule has 1 aromatic heterocycles. The van der Waals surface area contributed by atoms with E-state index in [2.05, 4.69) is 47.6 Å². The summed E-state index contributed by atoms with van der Waals surface area (Å²) in [5, 5.41) is 9.80. The lowest BCUT2D eigenvalue weighted by Crippen LogP contribution is -2.39. The van der Waals surface area contributed by atoms with E-state index in [0.29, 0.717) is 5.82 Å². The van der Waals surface area contributed by atoms with Gasteiger partial charge in [-0.05, 0) is 31.9 Å². The van der Waals surface area contributed by atoms with Crippen molar-refractivity contribution in [3.05, 3.63) is 35.4 Å². The fourth-order valence-electron chi connectivity index (χ4n) is 2.18. The van der Waals surface area contributed by atoms with Crippen molar-refractivity contribution < 1.29 is 4.79 Å². The van der Waals surface area contributed by atoms with Gasteiger partial charge in [0.25, 0.3) is 0 Å². The zero-order valence-corrected chi connectivity index (χ0v) is 12.9. The number of rotatable bonds is 4. The van der Waals surface area contributed by atoms with Crippen molar-refractivity contribution in [2.75, 3.05) is 5.32 Å². The van der Waals surface area contributed by atoms with Gasteiger partial charge < -0.3 is 11.1 Å². The summed E-state index contributed by atoms with van der Waals surface area (Å²) < 4.78 is 0. The number of nitrogens with two attached hydrogens (primary N) is 1. The molecule has 0 aliphatic rings. The van der Waals surface area contributed by atoms with Gasteiger partial charge in [0, 0.05) is 11.6 Å². The molecule has 5 heteroatoms. The molecule has 0 aliphatic carbocycles. The van der Waals surface area contributed by atoms with Crippen LogP contribution in [-0.2, 0) is 4.79 Å². The molecule has 5 nitrogen and oxygen atoms in total. The molecule has 0 aliphatic heterocycles. The van der Waals surface area contributed by atoms with Gasteiger partial charge in [0.15, 0.2) is 5.82 Å². The van der Waals surface area contributed by atoms with Crippen molar-refractivity contribution in [1.29, 1.82) is 0 Å². The number of hydrogen-bond acceptors (Lipinski definition) is 3. The van der Waals surface area contributed by atoms with Crippen LogP contribution >= 0.6 is 0 Å². The highest BCUT2D eigenvalue weighted by atomic mass is 16.2. The molecule has 0 fully saturated rings. The number of aromatic nitrogens is 2. The maximum Gasteiger partial charge on any atom is 0.242 e. The van der Waals surface area contributed by atoms with E-state index in [1.807, 2.05) is 19.9 Å². The van der Waals surface area contributed by atoms with E-state index in [1.54, 1.807) is 0 Å². The Kier molecular flexibility index (Phi) is 4.43. The van der Waals surface area contributed by atoms with Crippen LogP contribution in [0, 0.1) is 19.8 Å². The SMILES string of the molecule is Cc1cc(C)cc(-c2cc(NC(=O)[C@@H](N)C(C)C)n[nH]2)c1. The molecule has 1 atom stereocenters. The van der Waals surface area contributed by atoms with Crippen LogP contribution in [0.2, 0.25) is 0 Å². The number of aromatic amines is 1. The molecule has 1 aromatic carbocycles. The van der Waals surface area contributed by atoms with Crippen molar-refractivity contribution >= 4 is 11.7 Å². The Morgan fingerprint density at radius 2 is 1.81 bits per heavy atom. The summed E-state index contributed by atoms with van der Waals surface area (Å²) in [6.45, 7) is 7.93. The standard InChI is InChI=1S/C16H22N4O/c1-9(2)15(17)16(21)18-14-8-13(19-20-14)12-6-10(3)5-11(4)7-12/h5-9,15H,17H2,1-4H3,(H2,18,19,20,21)/t15-/m0/s1. The van der Waals surface area contributed by atoms with Crippen molar-refractivity contribution in [3.63, 3.8) is 0 Å².